The van der Waals surface area contributed by atoms with Crippen LogP contribution < -0.4 is 5.32 Å². The molecule has 0 bridgehead atoms. The Bertz CT molecular complexity index is 523. The first kappa shape index (κ1) is 26.2. The first-order chi connectivity index (χ1) is 12.4. The van der Waals surface area contributed by atoms with Crippen molar-refractivity contribution in [2.24, 2.45) is 17.3 Å². The highest BCUT2D eigenvalue weighted by atomic mass is 127. The smallest absolute Gasteiger partial charge is 0.224 e. The largest absolute Gasteiger partial charge is 0.346 e. The predicted octanol–water partition coefficient (Wildman–Crippen LogP) is 4.29. The summed E-state index contributed by atoms with van der Waals surface area (Å²) in [6.45, 7) is 11.8. The highest BCUT2D eigenvalue weighted by molar-refractivity contribution is 14.1. The number of hydrogen-bond donors (Lipinski definition) is 1. The van der Waals surface area contributed by atoms with Crippen molar-refractivity contribution >= 4 is 45.8 Å². The van der Waals surface area contributed by atoms with Gasteiger partial charge >= 0.3 is 0 Å². The Morgan fingerprint density at radius 1 is 0.926 bits per heavy atom. The number of Topliss-reactive ketones (excluding diaryl/α,β-unsaturated/α-hetero) is 3. The number of alkyl halides is 1. The molecule has 0 saturated carbocycles. The Labute approximate surface area is 177 Å². The van der Waals surface area contributed by atoms with E-state index in [4.69, 9.17) is 0 Å². The van der Waals surface area contributed by atoms with E-state index in [1.807, 2.05) is 36.4 Å². The van der Waals surface area contributed by atoms with E-state index in [2.05, 4.69) is 26.1 Å². The SMILES string of the molecule is CC(C)[C@H](CC(=O)CCCC(=O)CI)C(=O)N[C@@H](C)C(=O)CCC(C)(C)C. The lowest BCUT2D eigenvalue weighted by Gasteiger charge is -2.23. The standard InChI is InChI=1S/C21H36INO4/c1-14(2)18(12-16(24)8-7-9-17(25)13-22)20(27)23-15(3)19(26)10-11-21(4,5)6/h14-15,18H,7-13H2,1-6H3,(H,23,27)/t15-,18-/m0/s1. The Morgan fingerprint density at radius 2 is 1.48 bits per heavy atom. The summed E-state index contributed by atoms with van der Waals surface area (Å²) in [6, 6.07) is -0.544. The van der Waals surface area contributed by atoms with Gasteiger partial charge in [-0.2, -0.15) is 0 Å². The summed E-state index contributed by atoms with van der Waals surface area (Å²) in [5, 5.41) is 2.79. The molecule has 156 valence electrons. The van der Waals surface area contributed by atoms with Gasteiger partial charge in [-0.1, -0.05) is 57.2 Å². The van der Waals surface area contributed by atoms with Crippen LogP contribution in [-0.4, -0.2) is 33.7 Å². The highest BCUT2D eigenvalue weighted by Gasteiger charge is 2.27. The molecule has 0 aromatic heterocycles. The summed E-state index contributed by atoms with van der Waals surface area (Å²) in [7, 11) is 0. The lowest BCUT2D eigenvalue weighted by Crippen LogP contribution is -2.43. The molecule has 0 aliphatic rings. The molecule has 0 rings (SSSR count). The van der Waals surface area contributed by atoms with Gasteiger partial charge in [0.1, 0.15) is 11.6 Å². The quantitative estimate of drug-likeness (QED) is 0.307. The van der Waals surface area contributed by atoms with Gasteiger partial charge in [0, 0.05) is 31.6 Å². The average molecular weight is 493 g/mol. The van der Waals surface area contributed by atoms with Crippen LogP contribution in [0.1, 0.15) is 80.1 Å². The summed E-state index contributed by atoms with van der Waals surface area (Å²) in [5.41, 5.74) is 0.0744. The van der Waals surface area contributed by atoms with Crippen molar-refractivity contribution in [1.82, 2.24) is 5.32 Å². The fourth-order valence-corrected chi connectivity index (χ4v) is 3.03. The number of nitrogens with one attached hydrogen (secondary N) is 1. The normalized spacial score (nSPS) is 13.9. The van der Waals surface area contributed by atoms with Crippen LogP contribution in [0.4, 0.5) is 0 Å². The van der Waals surface area contributed by atoms with E-state index < -0.39 is 12.0 Å². The second-order valence-corrected chi connectivity index (χ2v) is 9.64. The molecule has 1 amide bonds. The summed E-state index contributed by atoms with van der Waals surface area (Å²) < 4.78 is 0.462. The van der Waals surface area contributed by atoms with Crippen LogP contribution in [-0.2, 0) is 19.2 Å². The number of ketones is 3. The number of rotatable bonds is 13. The zero-order valence-corrected chi connectivity index (χ0v) is 19.9. The number of hydrogen-bond acceptors (Lipinski definition) is 4. The number of amides is 1. The van der Waals surface area contributed by atoms with Crippen LogP contribution in [0.3, 0.4) is 0 Å². The van der Waals surface area contributed by atoms with E-state index in [0.29, 0.717) is 30.1 Å². The minimum Gasteiger partial charge on any atom is -0.346 e. The van der Waals surface area contributed by atoms with Gasteiger partial charge in [0.2, 0.25) is 5.91 Å². The lowest BCUT2D eigenvalue weighted by molar-refractivity contribution is -0.133. The van der Waals surface area contributed by atoms with Gasteiger partial charge < -0.3 is 5.32 Å². The van der Waals surface area contributed by atoms with Crippen LogP contribution in [0.5, 0.6) is 0 Å². The van der Waals surface area contributed by atoms with Crippen molar-refractivity contribution in [1.29, 1.82) is 0 Å². The van der Waals surface area contributed by atoms with Crippen LogP contribution in [0.2, 0.25) is 0 Å². The Balaban J connectivity index is 4.59. The van der Waals surface area contributed by atoms with E-state index in [-0.39, 0.29) is 41.0 Å². The maximum absolute atomic E-state index is 12.6. The molecule has 0 aliphatic carbocycles. The molecule has 0 heterocycles. The molecule has 0 radical (unpaired) electrons. The van der Waals surface area contributed by atoms with Crippen molar-refractivity contribution in [2.45, 2.75) is 86.1 Å². The molecule has 0 aromatic rings. The average Bonchev–Trinajstić information content (AvgIpc) is 2.55. The van der Waals surface area contributed by atoms with Gasteiger partial charge in [0.25, 0.3) is 0 Å². The van der Waals surface area contributed by atoms with E-state index in [1.54, 1.807) is 6.92 Å². The van der Waals surface area contributed by atoms with Gasteiger partial charge in [-0.3, -0.25) is 19.2 Å². The summed E-state index contributed by atoms with van der Waals surface area (Å²) >= 11 is 2.02. The molecule has 0 aromatic carbocycles. The van der Waals surface area contributed by atoms with Crippen LogP contribution in [0.15, 0.2) is 0 Å². The zero-order valence-electron chi connectivity index (χ0n) is 17.7. The summed E-state index contributed by atoms with van der Waals surface area (Å²) in [5.74, 6) is -0.527. The molecule has 5 nitrogen and oxygen atoms in total. The van der Waals surface area contributed by atoms with Crippen LogP contribution in [0, 0.1) is 17.3 Å². The van der Waals surface area contributed by atoms with Gasteiger partial charge in [-0.25, -0.2) is 0 Å². The third kappa shape index (κ3) is 12.3. The molecule has 0 fully saturated rings. The molecule has 1 N–H and O–H groups in total. The third-order valence-electron chi connectivity index (χ3n) is 4.61. The topological polar surface area (TPSA) is 80.3 Å². The Morgan fingerprint density at radius 3 is 1.96 bits per heavy atom. The first-order valence-electron chi connectivity index (χ1n) is 9.79. The van der Waals surface area contributed by atoms with Crippen LogP contribution in [0.25, 0.3) is 0 Å². The summed E-state index contributed by atoms with van der Waals surface area (Å²) in [6.07, 6.45) is 2.63. The van der Waals surface area contributed by atoms with Gasteiger partial charge in [0.05, 0.1) is 10.5 Å². The van der Waals surface area contributed by atoms with Crippen LogP contribution >= 0.6 is 22.6 Å². The minimum absolute atomic E-state index is 0.00167. The first-order valence-corrected chi connectivity index (χ1v) is 11.3. The highest BCUT2D eigenvalue weighted by Crippen LogP contribution is 2.22. The minimum atomic E-state index is -0.544. The van der Waals surface area contributed by atoms with Crippen molar-refractivity contribution in [3.63, 3.8) is 0 Å². The third-order valence-corrected chi connectivity index (χ3v) is 5.46. The van der Waals surface area contributed by atoms with Gasteiger partial charge in [0.15, 0.2) is 5.78 Å². The molecule has 0 unspecified atom stereocenters. The van der Waals surface area contributed by atoms with Crippen molar-refractivity contribution < 1.29 is 19.2 Å². The Hall–Kier alpha value is -0.790. The fraction of sp³-hybridized carbons (Fsp3) is 0.810. The van der Waals surface area contributed by atoms with E-state index in [0.717, 1.165) is 6.42 Å². The Kier molecular flexibility index (Phi) is 12.3. The maximum atomic E-state index is 12.6. The second-order valence-electron chi connectivity index (χ2n) is 8.88. The van der Waals surface area contributed by atoms with E-state index in [9.17, 15) is 19.2 Å². The van der Waals surface area contributed by atoms with Crippen molar-refractivity contribution in [3.8, 4) is 0 Å². The van der Waals surface area contributed by atoms with Crippen molar-refractivity contribution in [2.75, 3.05) is 4.43 Å². The molecule has 0 spiro atoms. The molecule has 2 atom stereocenters. The molecule has 6 heteroatoms. The summed E-state index contributed by atoms with van der Waals surface area (Å²) in [4.78, 5) is 48.4. The molecular weight excluding hydrogens is 457 g/mol. The monoisotopic (exact) mass is 493 g/mol. The molecular formula is C21H36INO4. The van der Waals surface area contributed by atoms with E-state index in [1.165, 1.54) is 0 Å². The fourth-order valence-electron chi connectivity index (χ4n) is 2.64. The number of halogens is 1. The maximum Gasteiger partial charge on any atom is 0.224 e. The number of carbonyl (C=O) groups excluding carboxylic acids is 4. The molecule has 27 heavy (non-hydrogen) atoms. The zero-order chi connectivity index (χ0) is 21.2. The lowest BCUT2D eigenvalue weighted by atomic mass is 9.87. The second kappa shape index (κ2) is 12.6. The van der Waals surface area contributed by atoms with E-state index >= 15 is 0 Å². The predicted molar refractivity (Wildman–Crippen MR) is 117 cm³/mol. The van der Waals surface area contributed by atoms with Gasteiger partial charge in [-0.15, -0.1) is 0 Å². The van der Waals surface area contributed by atoms with Gasteiger partial charge in [-0.05, 0) is 31.1 Å². The molecule has 0 aliphatic heterocycles. The number of carbonyl (C=O) groups is 4. The van der Waals surface area contributed by atoms with Crippen molar-refractivity contribution in [3.05, 3.63) is 0 Å². The molecule has 0 saturated heterocycles.